The maximum Gasteiger partial charge on any atom is 0.321 e. The van der Waals surface area contributed by atoms with Crippen LogP contribution in [0.2, 0.25) is 0 Å². The number of aromatic nitrogens is 2. The summed E-state index contributed by atoms with van der Waals surface area (Å²) in [5, 5.41) is 15.2. The minimum Gasteiger partial charge on any atom is -0.497 e. The van der Waals surface area contributed by atoms with Gasteiger partial charge in [0.1, 0.15) is 16.5 Å². The topological polar surface area (TPSA) is 106 Å². The minimum absolute atomic E-state index is 0.0238. The largest absolute Gasteiger partial charge is 0.497 e. The average molecular weight is 482 g/mol. The Morgan fingerprint density at radius 2 is 1.85 bits per heavy atom. The molecule has 1 aliphatic rings. The molecular weight excluding hydrogens is 454 g/mol. The highest BCUT2D eigenvalue weighted by molar-refractivity contribution is 7.13. The summed E-state index contributed by atoms with van der Waals surface area (Å²) in [5.74, 6) is 0.904. The van der Waals surface area contributed by atoms with Crippen LogP contribution in [-0.4, -0.2) is 54.3 Å². The highest BCUT2D eigenvalue weighted by Crippen LogP contribution is 2.32. The fourth-order valence-electron chi connectivity index (χ4n) is 3.77. The standard InChI is InChI=1S/C24H27N5O4S/c1-15-6-8-17(9-7-15)25-21(30)23-28-27-22(34-23)16-5-4-12-29(14-16)24(31)26-19-11-10-18(32-2)13-20(19)33-3/h6-11,13,16H,4-5,12,14H2,1-3H3,(H,25,30)(H,26,31)/t16-/m1/s1. The molecule has 0 unspecified atom stereocenters. The molecule has 2 aromatic carbocycles. The van der Waals surface area contributed by atoms with E-state index in [2.05, 4.69) is 20.8 Å². The molecule has 0 bridgehead atoms. The van der Waals surface area contributed by atoms with Crippen molar-refractivity contribution < 1.29 is 19.1 Å². The smallest absolute Gasteiger partial charge is 0.321 e. The first-order valence-corrected chi connectivity index (χ1v) is 11.8. The first-order chi connectivity index (χ1) is 16.5. The van der Waals surface area contributed by atoms with Crippen molar-refractivity contribution in [2.24, 2.45) is 0 Å². The van der Waals surface area contributed by atoms with Crippen molar-refractivity contribution in [2.75, 3.05) is 37.9 Å². The molecule has 1 saturated heterocycles. The van der Waals surface area contributed by atoms with Gasteiger partial charge in [0.2, 0.25) is 5.01 Å². The Hall–Kier alpha value is -3.66. The summed E-state index contributed by atoms with van der Waals surface area (Å²) >= 11 is 1.27. The number of likely N-dealkylation sites (tertiary alicyclic amines) is 1. The molecule has 3 aromatic rings. The molecule has 4 rings (SSSR count). The van der Waals surface area contributed by atoms with Gasteiger partial charge in [-0.2, -0.15) is 0 Å². The number of methoxy groups -OCH3 is 2. The molecule has 0 aliphatic carbocycles. The first-order valence-electron chi connectivity index (χ1n) is 11.0. The number of rotatable bonds is 6. The number of benzene rings is 2. The Morgan fingerprint density at radius 3 is 2.59 bits per heavy atom. The zero-order chi connectivity index (χ0) is 24.1. The summed E-state index contributed by atoms with van der Waals surface area (Å²) in [6, 6.07) is 12.6. The number of hydrogen-bond acceptors (Lipinski definition) is 7. The second kappa shape index (κ2) is 10.5. The molecule has 178 valence electrons. The van der Waals surface area contributed by atoms with Crippen LogP contribution in [0.5, 0.6) is 11.5 Å². The van der Waals surface area contributed by atoms with Crippen molar-refractivity contribution in [1.82, 2.24) is 15.1 Å². The molecular formula is C24H27N5O4S. The highest BCUT2D eigenvalue weighted by Gasteiger charge is 2.28. The Labute approximate surface area is 202 Å². The molecule has 2 N–H and O–H groups in total. The van der Waals surface area contributed by atoms with Gasteiger partial charge in [0.15, 0.2) is 0 Å². The van der Waals surface area contributed by atoms with Crippen molar-refractivity contribution in [2.45, 2.75) is 25.7 Å². The maximum absolute atomic E-state index is 12.9. The van der Waals surface area contributed by atoms with Gasteiger partial charge >= 0.3 is 6.03 Å². The lowest BCUT2D eigenvalue weighted by Gasteiger charge is -2.31. The molecule has 0 radical (unpaired) electrons. The Balaban J connectivity index is 1.39. The SMILES string of the molecule is COc1ccc(NC(=O)N2CCC[C@@H](c3nnc(C(=O)Nc4ccc(C)cc4)s3)C2)c(OC)c1. The second-order valence-corrected chi connectivity index (χ2v) is 9.06. The highest BCUT2D eigenvalue weighted by atomic mass is 32.1. The van der Waals surface area contributed by atoms with Crippen molar-refractivity contribution in [3.05, 3.63) is 58.0 Å². The number of ether oxygens (including phenoxy) is 2. The Morgan fingerprint density at radius 1 is 1.06 bits per heavy atom. The monoisotopic (exact) mass is 481 g/mol. The van der Waals surface area contributed by atoms with Gasteiger partial charge in [-0.1, -0.05) is 29.0 Å². The quantitative estimate of drug-likeness (QED) is 0.536. The minimum atomic E-state index is -0.287. The molecule has 1 aliphatic heterocycles. The number of hydrogen-bond donors (Lipinski definition) is 2. The van der Waals surface area contributed by atoms with Crippen molar-refractivity contribution in [3.8, 4) is 11.5 Å². The average Bonchev–Trinajstić information content (AvgIpc) is 3.36. The van der Waals surface area contributed by atoms with Gasteiger partial charge in [-0.3, -0.25) is 4.79 Å². The number of nitrogens with one attached hydrogen (secondary N) is 2. The predicted molar refractivity (Wildman–Crippen MR) is 131 cm³/mol. The lowest BCUT2D eigenvalue weighted by molar-refractivity contribution is 0.102. The first kappa shape index (κ1) is 23.5. The van der Waals surface area contributed by atoms with Gasteiger partial charge in [0.25, 0.3) is 5.91 Å². The Kier molecular flexibility index (Phi) is 7.27. The molecule has 1 fully saturated rings. The molecule has 1 atom stereocenters. The van der Waals surface area contributed by atoms with Crippen molar-refractivity contribution in [1.29, 1.82) is 0 Å². The molecule has 0 saturated carbocycles. The van der Waals surface area contributed by atoms with Gasteiger partial charge in [0, 0.05) is 30.8 Å². The van der Waals surface area contributed by atoms with E-state index in [-0.39, 0.29) is 17.9 Å². The molecule has 10 heteroatoms. The molecule has 2 heterocycles. The van der Waals surface area contributed by atoms with Gasteiger partial charge in [-0.25, -0.2) is 4.79 Å². The number of nitrogens with zero attached hydrogens (tertiary/aromatic N) is 3. The molecule has 9 nitrogen and oxygen atoms in total. The van der Waals surface area contributed by atoms with Crippen LogP contribution >= 0.6 is 11.3 Å². The third-order valence-corrected chi connectivity index (χ3v) is 6.74. The van der Waals surface area contributed by atoms with Crippen LogP contribution in [0.1, 0.15) is 39.1 Å². The predicted octanol–water partition coefficient (Wildman–Crippen LogP) is 4.53. The van der Waals surface area contributed by atoms with E-state index in [4.69, 9.17) is 9.47 Å². The van der Waals surface area contributed by atoms with E-state index in [1.165, 1.54) is 11.3 Å². The van der Waals surface area contributed by atoms with Crippen LogP contribution in [0.3, 0.4) is 0 Å². The zero-order valence-corrected chi connectivity index (χ0v) is 20.1. The summed E-state index contributed by atoms with van der Waals surface area (Å²) < 4.78 is 10.6. The molecule has 0 spiro atoms. The van der Waals surface area contributed by atoms with Gasteiger partial charge in [-0.05, 0) is 44.0 Å². The third-order valence-electron chi connectivity index (χ3n) is 5.65. The van der Waals surface area contributed by atoms with Crippen LogP contribution in [-0.2, 0) is 0 Å². The number of aryl methyl sites for hydroxylation is 1. The normalized spacial score (nSPS) is 15.5. The number of carbonyl (C=O) groups excluding carboxylic acids is 2. The van der Waals surface area contributed by atoms with Crippen LogP contribution in [0.15, 0.2) is 42.5 Å². The van der Waals surface area contributed by atoms with E-state index >= 15 is 0 Å². The lowest BCUT2D eigenvalue weighted by Crippen LogP contribution is -2.41. The fraction of sp³-hybridized carbons (Fsp3) is 0.333. The lowest BCUT2D eigenvalue weighted by atomic mass is 9.99. The summed E-state index contributed by atoms with van der Waals surface area (Å²) in [4.78, 5) is 27.3. The van der Waals surface area contributed by atoms with E-state index in [0.29, 0.717) is 41.0 Å². The van der Waals surface area contributed by atoms with Crippen molar-refractivity contribution in [3.63, 3.8) is 0 Å². The summed E-state index contributed by atoms with van der Waals surface area (Å²) in [5.41, 5.74) is 2.40. The van der Waals surface area contributed by atoms with Gasteiger partial charge < -0.3 is 25.0 Å². The van der Waals surface area contributed by atoms with Crippen LogP contribution in [0, 0.1) is 6.92 Å². The van der Waals surface area contributed by atoms with Gasteiger partial charge in [-0.15, -0.1) is 10.2 Å². The van der Waals surface area contributed by atoms with E-state index in [1.807, 2.05) is 31.2 Å². The number of urea groups is 1. The van der Waals surface area contributed by atoms with Gasteiger partial charge in [0.05, 0.1) is 19.9 Å². The van der Waals surface area contributed by atoms with E-state index in [1.54, 1.807) is 37.3 Å². The number of amides is 3. The molecule has 3 amide bonds. The maximum atomic E-state index is 12.9. The van der Waals surface area contributed by atoms with Crippen molar-refractivity contribution >= 4 is 34.6 Å². The molecule has 34 heavy (non-hydrogen) atoms. The van der Waals surface area contributed by atoms with Crippen LogP contribution < -0.4 is 20.1 Å². The van der Waals surface area contributed by atoms with E-state index in [9.17, 15) is 9.59 Å². The van der Waals surface area contributed by atoms with E-state index in [0.717, 1.165) is 23.4 Å². The Bertz CT molecular complexity index is 1160. The third kappa shape index (κ3) is 5.45. The number of carbonyl (C=O) groups is 2. The summed E-state index contributed by atoms with van der Waals surface area (Å²) in [6.45, 7) is 3.13. The zero-order valence-electron chi connectivity index (χ0n) is 19.3. The molecule has 1 aromatic heterocycles. The summed E-state index contributed by atoms with van der Waals surface area (Å²) in [6.07, 6.45) is 1.71. The van der Waals surface area contributed by atoms with Crippen LogP contribution in [0.25, 0.3) is 0 Å². The van der Waals surface area contributed by atoms with E-state index < -0.39 is 0 Å². The van der Waals surface area contributed by atoms with Crippen LogP contribution in [0.4, 0.5) is 16.2 Å². The summed E-state index contributed by atoms with van der Waals surface area (Å²) in [7, 11) is 3.12. The second-order valence-electron chi connectivity index (χ2n) is 8.05. The number of piperidine rings is 1. The number of anilines is 2. The fourth-order valence-corrected chi connectivity index (χ4v) is 4.64.